The molecule has 24 heteroatoms. The van der Waals surface area contributed by atoms with Gasteiger partial charge in [-0.2, -0.15) is 5.10 Å². The van der Waals surface area contributed by atoms with Crippen LogP contribution in [0, 0.1) is 5.41 Å². The second-order valence-electron chi connectivity index (χ2n) is 5.40. The number of rotatable bonds is 5. The largest absolute Gasteiger partial charge is 0.298 e. The summed E-state index contributed by atoms with van der Waals surface area (Å²) in [5, 5.41) is 4.15. The summed E-state index contributed by atoms with van der Waals surface area (Å²) in [5.41, 5.74) is 0.936. The molecular formula is C11H18N2OS21. The second-order valence-corrected chi connectivity index (χ2v) is 39.0. The molecule has 1 heterocycles. The van der Waals surface area contributed by atoms with Crippen LogP contribution in [-0.2, 0) is 198 Å². The van der Waals surface area contributed by atoms with Gasteiger partial charge in [0.2, 0.25) is 0 Å². The molecule has 0 aromatic carbocycles. The third-order valence-electron chi connectivity index (χ3n) is 3.54. The maximum atomic E-state index is 10.5. The van der Waals surface area contributed by atoms with E-state index in [2.05, 4.69) is 25.9 Å². The third kappa shape index (κ3) is 25.0. The van der Waals surface area contributed by atoms with E-state index in [0.717, 1.165) is 25.7 Å². The molecule has 1 aromatic rings. The van der Waals surface area contributed by atoms with Gasteiger partial charge in [0.15, 0.2) is 6.29 Å². The Labute approximate surface area is 270 Å². The Bertz CT molecular complexity index is 1560. The average molecular weight is 868 g/mol. The van der Waals surface area contributed by atoms with E-state index in [4.69, 9.17) is 22.4 Å². The summed E-state index contributed by atoms with van der Waals surface area (Å²) >= 11 is 9.52. The topological polar surface area (TPSA) is 34.9 Å². The van der Waals surface area contributed by atoms with E-state index in [-0.39, 0.29) is 5.41 Å². The van der Waals surface area contributed by atoms with Gasteiger partial charge in [0.25, 0.3) is 0 Å². The van der Waals surface area contributed by atoms with E-state index in [1.165, 1.54) is 17.8 Å². The Kier molecular flexibility index (Phi) is 31.9. The lowest BCUT2D eigenvalue weighted by Crippen LogP contribution is -2.21. The van der Waals surface area contributed by atoms with Crippen molar-refractivity contribution in [2.45, 2.75) is 40.2 Å². The first kappa shape index (κ1) is 38.5. The molecule has 0 bridgehead atoms. The van der Waals surface area contributed by atoms with Gasteiger partial charge >= 0.3 is 0 Å². The van der Waals surface area contributed by atoms with Crippen molar-refractivity contribution in [1.29, 1.82) is 0 Å². The van der Waals surface area contributed by atoms with Crippen LogP contribution in [0.5, 0.6) is 0 Å². The van der Waals surface area contributed by atoms with Crippen molar-refractivity contribution in [3.05, 3.63) is 18.0 Å². The van der Waals surface area contributed by atoms with Crippen molar-refractivity contribution < 1.29 is 4.79 Å². The number of carbonyl (C=O) groups is 1. The summed E-state index contributed by atoms with van der Waals surface area (Å²) in [7, 11) is 32.6. The van der Waals surface area contributed by atoms with Crippen molar-refractivity contribution in [3.8, 4) is 0 Å². The van der Waals surface area contributed by atoms with Crippen LogP contribution in [-0.4, -0.2) is 16.1 Å². The van der Waals surface area contributed by atoms with Gasteiger partial charge in [0.05, 0.1) is 11.8 Å². The van der Waals surface area contributed by atoms with E-state index in [1.54, 1.807) is 163 Å². The fraction of sp³-hybridized carbons (Fsp3) is 0.636. The summed E-state index contributed by atoms with van der Waals surface area (Å²) in [6, 6.07) is 0. The number of nitrogens with zero attached hydrogens (tertiary/aromatic N) is 2. The summed E-state index contributed by atoms with van der Waals surface area (Å²) in [5.74, 6) is 0. The summed E-state index contributed by atoms with van der Waals surface area (Å²) in [4.78, 5) is 10.5. The van der Waals surface area contributed by atoms with Crippen LogP contribution in [0.4, 0.5) is 0 Å². The number of hydrogen-bond acceptors (Lipinski definition) is 4. The number of carbonyl (C=O) groups excluding carboxylic acids is 1. The number of aromatic nitrogens is 2. The van der Waals surface area contributed by atoms with E-state index < -0.39 is 0 Å². The highest BCUT2D eigenvalue weighted by atomic mass is 33.5. The SMILES string of the molecule is CCC(C)(CC)Cn1cc(C=O)cn1.S=S=S=S=S=S=S=S=S=S=S=S=S=S=S=S=S=S=S=S=S. The van der Waals surface area contributed by atoms with Gasteiger partial charge in [-0.3, -0.25) is 9.48 Å². The highest BCUT2D eigenvalue weighted by molar-refractivity contribution is 8.78. The van der Waals surface area contributed by atoms with Crippen LogP contribution in [0.3, 0.4) is 0 Å². The van der Waals surface area contributed by atoms with Crippen LogP contribution in [0.1, 0.15) is 44.0 Å². The molecule has 3 nitrogen and oxygen atoms in total. The zero-order valence-corrected chi connectivity index (χ0v) is 34.9. The van der Waals surface area contributed by atoms with Crippen LogP contribution < -0.4 is 0 Å². The summed E-state index contributed by atoms with van der Waals surface area (Å²) in [6.45, 7) is 7.50. The molecule has 204 valence electrons. The Morgan fingerprint density at radius 1 is 0.743 bits per heavy atom. The zero-order valence-electron chi connectivity index (χ0n) is 17.7. The molecule has 35 heavy (non-hydrogen) atoms. The third-order valence-corrected chi connectivity index (χ3v) is 43.5. The Morgan fingerprint density at radius 2 is 1.09 bits per heavy atom. The predicted octanol–water partition coefficient (Wildman–Crippen LogP) is 2.47. The molecule has 1 aromatic heterocycles. The molecule has 0 aliphatic rings. The molecule has 0 aliphatic carbocycles. The van der Waals surface area contributed by atoms with Crippen LogP contribution in [0.25, 0.3) is 0 Å². The van der Waals surface area contributed by atoms with Gasteiger partial charge < -0.3 is 0 Å². The molecule has 0 fully saturated rings. The van der Waals surface area contributed by atoms with Crippen LogP contribution >= 0.6 is 0 Å². The minimum Gasteiger partial charge on any atom is -0.298 e. The highest BCUT2D eigenvalue weighted by Gasteiger charge is 2.20. The molecule has 1 rings (SSSR count). The maximum Gasteiger partial charge on any atom is 0.153 e. The Morgan fingerprint density at radius 3 is 1.34 bits per heavy atom. The van der Waals surface area contributed by atoms with E-state index in [0.29, 0.717) is 5.56 Å². The quantitative estimate of drug-likeness (QED) is 0.427. The van der Waals surface area contributed by atoms with Crippen molar-refractivity contribution >= 4 is 197 Å². The summed E-state index contributed by atoms with van der Waals surface area (Å²) in [6.07, 6.45) is 6.49. The minimum atomic E-state index is 0.284. The van der Waals surface area contributed by atoms with E-state index >= 15 is 0 Å². The molecule has 0 saturated heterocycles. The second kappa shape index (κ2) is 29.0. The van der Waals surface area contributed by atoms with Gasteiger partial charge in [-0.1, -0.05) is 20.8 Å². The normalized spacial score (nSPS) is 9.11. The van der Waals surface area contributed by atoms with Crippen LogP contribution in [0.2, 0.25) is 0 Å². The first-order valence-electron chi connectivity index (χ1n) is 8.44. The number of hydrogen-bond donors (Lipinski definition) is 0. The van der Waals surface area contributed by atoms with E-state index in [9.17, 15) is 4.79 Å². The van der Waals surface area contributed by atoms with Crippen molar-refractivity contribution in [3.63, 3.8) is 0 Å². The van der Waals surface area contributed by atoms with Crippen molar-refractivity contribution in [2.75, 3.05) is 0 Å². The lowest BCUT2D eigenvalue weighted by molar-refractivity contribution is 0.112. The fourth-order valence-corrected chi connectivity index (χ4v) is 48.2. The van der Waals surface area contributed by atoms with Gasteiger partial charge in [-0.05, 0) is 18.3 Å². The van der Waals surface area contributed by atoms with Crippen molar-refractivity contribution in [1.82, 2.24) is 9.78 Å². The molecule has 0 amide bonds. The fourth-order valence-electron chi connectivity index (χ4n) is 1.58. The predicted molar refractivity (Wildman–Crippen MR) is 211 cm³/mol. The lowest BCUT2D eigenvalue weighted by atomic mass is 9.85. The van der Waals surface area contributed by atoms with Gasteiger partial charge in [-0.15, -0.1) is 0 Å². The summed E-state index contributed by atoms with van der Waals surface area (Å²) < 4.78 is 1.86. The van der Waals surface area contributed by atoms with Crippen LogP contribution in [0.15, 0.2) is 12.4 Å². The van der Waals surface area contributed by atoms with Gasteiger partial charge in [0.1, 0.15) is 0 Å². The van der Waals surface area contributed by atoms with E-state index in [1.807, 2.05) is 4.68 Å². The number of aldehydes is 1. The highest BCUT2D eigenvalue weighted by Crippen LogP contribution is 2.27. The molecular weight excluding hydrogens is 850 g/mol. The molecule has 0 unspecified atom stereocenters. The minimum absolute atomic E-state index is 0.284. The van der Waals surface area contributed by atoms with Crippen molar-refractivity contribution in [2.24, 2.45) is 5.41 Å². The molecule has 0 aliphatic heterocycles. The van der Waals surface area contributed by atoms with Gasteiger partial charge in [0, 0.05) is 204 Å². The first-order valence-corrected chi connectivity index (χ1v) is 35.1. The molecule has 0 spiro atoms. The Balaban J connectivity index is 0.000000712. The molecule has 0 saturated carbocycles. The monoisotopic (exact) mass is 866 g/mol. The molecule has 0 N–H and O–H groups in total. The smallest absolute Gasteiger partial charge is 0.153 e. The maximum absolute atomic E-state index is 10.5. The molecule has 0 atom stereocenters. The Hall–Kier alpha value is 3.50. The first-order chi connectivity index (χ1) is 17.0. The zero-order chi connectivity index (χ0) is 26.0. The lowest BCUT2D eigenvalue weighted by Gasteiger charge is -2.26. The average Bonchev–Trinajstić information content (AvgIpc) is 3.33. The standard InChI is InChI=1S/C11H18N2O.S21/c1-4-11(3,5-2)9-13-7-10(8-14)6-12-13;1-3-5-7-9-11-13-15-17-19-21-20-18-16-14-12-10-8-6-4-2/h6-8H,4-5,9H2,1-3H3;. The molecule has 0 radical (unpaired) electrons. The van der Waals surface area contributed by atoms with Gasteiger partial charge in [-0.25, -0.2) is 0 Å².